The van der Waals surface area contributed by atoms with Gasteiger partial charge < -0.3 is 23.7 Å². The summed E-state index contributed by atoms with van der Waals surface area (Å²) < 4.78 is 28.1. The van der Waals surface area contributed by atoms with Gasteiger partial charge in [-0.25, -0.2) is 0 Å². The predicted molar refractivity (Wildman–Crippen MR) is 108 cm³/mol. The first kappa shape index (κ1) is 20.3. The van der Waals surface area contributed by atoms with Crippen molar-refractivity contribution < 1.29 is 23.7 Å². The normalized spacial score (nSPS) is 17.0. The molecule has 3 rings (SSSR count). The number of benzene rings is 2. The summed E-state index contributed by atoms with van der Waals surface area (Å²) in [6.45, 7) is 4.72. The maximum absolute atomic E-state index is 5.88. The zero-order valence-electron chi connectivity index (χ0n) is 16.0. The van der Waals surface area contributed by atoms with Gasteiger partial charge >= 0.3 is 0 Å². The molecule has 0 aliphatic carbocycles. The minimum absolute atomic E-state index is 0.442. The van der Waals surface area contributed by atoms with Crippen LogP contribution in [0.3, 0.4) is 0 Å². The molecule has 0 saturated heterocycles. The average Bonchev–Trinajstić information content (AvgIpc) is 2.74. The van der Waals surface area contributed by atoms with Gasteiger partial charge in [0, 0.05) is 6.21 Å². The fourth-order valence-electron chi connectivity index (χ4n) is 2.64. The Morgan fingerprint density at radius 3 is 1.96 bits per heavy atom. The predicted octanol–water partition coefficient (Wildman–Crippen LogP) is 3.13. The third kappa shape index (κ3) is 7.31. The van der Waals surface area contributed by atoms with Crippen molar-refractivity contribution in [3.05, 3.63) is 59.7 Å². The van der Waals surface area contributed by atoms with E-state index in [1.54, 1.807) is 0 Å². The van der Waals surface area contributed by atoms with E-state index in [0.717, 1.165) is 5.56 Å². The summed E-state index contributed by atoms with van der Waals surface area (Å²) in [6, 6.07) is 16.0. The van der Waals surface area contributed by atoms with Crippen molar-refractivity contribution in [2.45, 2.75) is 6.54 Å². The van der Waals surface area contributed by atoms with Crippen LogP contribution >= 0.6 is 0 Å². The number of rotatable bonds is 3. The van der Waals surface area contributed by atoms with Crippen molar-refractivity contribution in [1.82, 2.24) is 0 Å². The SMILES string of the molecule is C(=NCc1ccccc1)c1ccc2c(c1)OCCOCCOCCOCCO2. The molecule has 0 N–H and O–H groups in total. The topological polar surface area (TPSA) is 58.5 Å². The Bertz CT molecular complexity index is 720. The molecular weight excluding hydrogens is 358 g/mol. The van der Waals surface area contributed by atoms with Crippen LogP contribution in [0.5, 0.6) is 11.5 Å². The molecule has 0 saturated carbocycles. The summed E-state index contributed by atoms with van der Waals surface area (Å²) in [4.78, 5) is 4.52. The second-order valence-corrected chi connectivity index (χ2v) is 6.20. The highest BCUT2D eigenvalue weighted by Gasteiger charge is 2.07. The summed E-state index contributed by atoms with van der Waals surface area (Å²) in [5.74, 6) is 1.37. The molecule has 6 nitrogen and oxygen atoms in total. The number of fused-ring (bicyclic) bond motifs is 1. The highest BCUT2D eigenvalue weighted by Crippen LogP contribution is 2.28. The standard InChI is InChI=1S/C22H27NO5/c1-2-4-19(5-3-1)17-23-18-20-6-7-21-22(16-20)28-15-13-26-11-9-24-8-10-25-12-14-27-21/h1-7,16,18H,8-15,17H2. The van der Waals surface area contributed by atoms with Crippen LogP contribution in [0.4, 0.5) is 0 Å². The summed E-state index contributed by atoms with van der Waals surface area (Å²) in [5, 5.41) is 0. The molecule has 0 aromatic heterocycles. The third-order valence-corrected chi connectivity index (χ3v) is 4.04. The number of hydrogen-bond donors (Lipinski definition) is 0. The Kier molecular flexibility index (Phi) is 8.80. The number of ether oxygens (including phenoxy) is 5. The first-order valence-corrected chi connectivity index (χ1v) is 9.58. The highest BCUT2D eigenvalue weighted by molar-refractivity contribution is 5.80. The maximum Gasteiger partial charge on any atom is 0.161 e. The lowest BCUT2D eigenvalue weighted by atomic mass is 10.2. The molecule has 0 amide bonds. The van der Waals surface area contributed by atoms with Gasteiger partial charge in [-0.05, 0) is 29.3 Å². The molecule has 1 heterocycles. The molecule has 0 bridgehead atoms. The number of hydrogen-bond acceptors (Lipinski definition) is 6. The molecule has 2 aromatic carbocycles. The van der Waals surface area contributed by atoms with Crippen LogP contribution in [-0.4, -0.2) is 59.1 Å². The van der Waals surface area contributed by atoms with Crippen molar-refractivity contribution in [2.75, 3.05) is 52.9 Å². The van der Waals surface area contributed by atoms with E-state index in [1.807, 2.05) is 42.6 Å². The number of nitrogens with zero attached hydrogens (tertiary/aromatic N) is 1. The first-order valence-electron chi connectivity index (χ1n) is 9.58. The molecule has 2 aromatic rings. The molecule has 1 aliphatic heterocycles. The Morgan fingerprint density at radius 1 is 0.679 bits per heavy atom. The van der Waals surface area contributed by atoms with Gasteiger partial charge in [-0.3, -0.25) is 4.99 Å². The molecule has 0 spiro atoms. The van der Waals surface area contributed by atoms with Gasteiger partial charge in [-0.1, -0.05) is 30.3 Å². The van der Waals surface area contributed by atoms with E-state index in [9.17, 15) is 0 Å². The smallest absolute Gasteiger partial charge is 0.161 e. The molecule has 0 fully saturated rings. The van der Waals surface area contributed by atoms with E-state index < -0.39 is 0 Å². The molecule has 1 aliphatic rings. The second kappa shape index (κ2) is 12.1. The van der Waals surface area contributed by atoms with Crippen molar-refractivity contribution in [2.24, 2.45) is 4.99 Å². The third-order valence-electron chi connectivity index (χ3n) is 4.04. The molecule has 0 radical (unpaired) electrons. The van der Waals surface area contributed by atoms with Crippen molar-refractivity contribution in [3.63, 3.8) is 0 Å². The molecule has 6 heteroatoms. The average molecular weight is 385 g/mol. The van der Waals surface area contributed by atoms with Gasteiger partial charge in [-0.15, -0.1) is 0 Å². The summed E-state index contributed by atoms with van der Waals surface area (Å²) in [7, 11) is 0. The zero-order valence-corrected chi connectivity index (χ0v) is 16.0. The lowest BCUT2D eigenvalue weighted by molar-refractivity contribution is 0.00708. The van der Waals surface area contributed by atoms with Crippen LogP contribution in [0.25, 0.3) is 0 Å². The van der Waals surface area contributed by atoms with E-state index in [2.05, 4.69) is 17.1 Å². The minimum atomic E-state index is 0.442. The monoisotopic (exact) mass is 385 g/mol. The van der Waals surface area contributed by atoms with Crippen LogP contribution in [0.2, 0.25) is 0 Å². The lowest BCUT2D eigenvalue weighted by Gasteiger charge is -2.13. The number of aliphatic imine (C=N–C) groups is 1. The summed E-state index contributed by atoms with van der Waals surface area (Å²) in [6.07, 6.45) is 1.85. The zero-order chi connectivity index (χ0) is 19.3. The van der Waals surface area contributed by atoms with Crippen LogP contribution in [0.1, 0.15) is 11.1 Å². The quantitative estimate of drug-likeness (QED) is 0.760. The second-order valence-electron chi connectivity index (χ2n) is 6.20. The minimum Gasteiger partial charge on any atom is -0.487 e. The Hall–Kier alpha value is -2.41. The van der Waals surface area contributed by atoms with Crippen LogP contribution in [-0.2, 0) is 20.8 Å². The molecular formula is C22H27NO5. The van der Waals surface area contributed by atoms with Gasteiger partial charge in [0.2, 0.25) is 0 Å². The fraction of sp³-hybridized carbons (Fsp3) is 0.409. The Labute approximate surface area is 166 Å². The van der Waals surface area contributed by atoms with Crippen molar-refractivity contribution in [3.8, 4) is 11.5 Å². The molecule has 0 atom stereocenters. The summed E-state index contributed by atoms with van der Waals surface area (Å²) in [5.41, 5.74) is 2.13. The highest BCUT2D eigenvalue weighted by atomic mass is 16.6. The van der Waals surface area contributed by atoms with E-state index in [4.69, 9.17) is 23.7 Å². The van der Waals surface area contributed by atoms with E-state index >= 15 is 0 Å². The molecule has 28 heavy (non-hydrogen) atoms. The van der Waals surface area contributed by atoms with E-state index in [0.29, 0.717) is 70.9 Å². The van der Waals surface area contributed by atoms with E-state index in [1.165, 1.54) is 5.56 Å². The van der Waals surface area contributed by atoms with Gasteiger partial charge in [0.05, 0.1) is 46.2 Å². The largest absolute Gasteiger partial charge is 0.487 e. The molecule has 150 valence electrons. The Morgan fingerprint density at radius 2 is 1.29 bits per heavy atom. The van der Waals surface area contributed by atoms with E-state index in [-0.39, 0.29) is 0 Å². The summed E-state index contributed by atoms with van der Waals surface area (Å²) >= 11 is 0. The Balaban J connectivity index is 1.62. The van der Waals surface area contributed by atoms with Gasteiger partial charge in [0.15, 0.2) is 11.5 Å². The van der Waals surface area contributed by atoms with Crippen molar-refractivity contribution in [1.29, 1.82) is 0 Å². The van der Waals surface area contributed by atoms with Gasteiger partial charge in [-0.2, -0.15) is 0 Å². The fourth-order valence-corrected chi connectivity index (χ4v) is 2.64. The van der Waals surface area contributed by atoms with Crippen molar-refractivity contribution >= 4 is 6.21 Å². The molecule has 0 unspecified atom stereocenters. The lowest BCUT2D eigenvalue weighted by Crippen LogP contribution is -2.13. The maximum atomic E-state index is 5.88. The van der Waals surface area contributed by atoms with Gasteiger partial charge in [0.1, 0.15) is 13.2 Å². The van der Waals surface area contributed by atoms with Crippen LogP contribution in [0.15, 0.2) is 53.5 Å². The van der Waals surface area contributed by atoms with Gasteiger partial charge in [0.25, 0.3) is 0 Å². The van der Waals surface area contributed by atoms with Crippen LogP contribution in [0, 0.1) is 0 Å². The van der Waals surface area contributed by atoms with Crippen LogP contribution < -0.4 is 9.47 Å². The first-order chi connectivity index (χ1) is 13.9.